The number of rotatable bonds is 4. The van der Waals surface area contributed by atoms with E-state index in [0.29, 0.717) is 22.9 Å². The summed E-state index contributed by atoms with van der Waals surface area (Å²) in [5, 5.41) is 2.21. The second-order valence-corrected chi connectivity index (χ2v) is 12.4. The van der Waals surface area contributed by atoms with Gasteiger partial charge in [0.1, 0.15) is 5.82 Å². The van der Waals surface area contributed by atoms with Crippen molar-refractivity contribution in [3.8, 4) is 23.0 Å². The van der Waals surface area contributed by atoms with Gasteiger partial charge in [-0.15, -0.1) is 35.7 Å². The molecule has 6 aromatic heterocycles. The number of para-hydroxylation sites is 1. The molecule has 0 spiro atoms. The monoisotopic (exact) mass is 792 g/mol. The second kappa shape index (κ2) is 10.9. The fourth-order valence-electron chi connectivity index (χ4n) is 6.26. The molecule has 0 saturated heterocycles. The summed E-state index contributed by atoms with van der Waals surface area (Å²) in [5.41, 5.74) is 7.21. The summed E-state index contributed by atoms with van der Waals surface area (Å²) in [6.07, 6.45) is 5.42. The second-order valence-electron chi connectivity index (χ2n) is 12.4. The molecule has 0 atom stereocenters. The van der Waals surface area contributed by atoms with Crippen molar-refractivity contribution in [3.63, 3.8) is 0 Å². The summed E-state index contributed by atoms with van der Waals surface area (Å²) in [7, 11) is 0. The van der Waals surface area contributed by atoms with Gasteiger partial charge in [-0.1, -0.05) is 50.2 Å². The number of benzene rings is 3. The van der Waals surface area contributed by atoms with Crippen LogP contribution in [0.1, 0.15) is 26.3 Å². The van der Waals surface area contributed by atoms with E-state index in [1.54, 1.807) is 12.4 Å². The Bertz CT molecular complexity index is 2630. The molecule has 0 N–H and O–H groups in total. The minimum absolute atomic E-state index is 0. The van der Waals surface area contributed by atoms with Crippen molar-refractivity contribution in [3.05, 3.63) is 127 Å². The summed E-state index contributed by atoms with van der Waals surface area (Å²) < 4.78 is 12.7. The first-order valence-electron chi connectivity index (χ1n) is 15.2. The van der Waals surface area contributed by atoms with Crippen molar-refractivity contribution in [1.29, 1.82) is 0 Å². The zero-order valence-corrected chi connectivity index (χ0v) is 28.0. The van der Waals surface area contributed by atoms with Crippen molar-refractivity contribution in [2.45, 2.75) is 26.2 Å². The first-order valence-corrected chi connectivity index (χ1v) is 15.2. The summed E-state index contributed by atoms with van der Waals surface area (Å²) in [4.78, 5) is 18.8. The Morgan fingerprint density at radius 1 is 0.660 bits per heavy atom. The Labute approximate surface area is 284 Å². The maximum atomic E-state index is 6.45. The minimum atomic E-state index is -0.0128. The summed E-state index contributed by atoms with van der Waals surface area (Å²) in [5.74, 6) is 2.68. The van der Waals surface area contributed by atoms with Crippen molar-refractivity contribution in [2.75, 3.05) is 0 Å². The van der Waals surface area contributed by atoms with E-state index in [2.05, 4.69) is 89.3 Å². The van der Waals surface area contributed by atoms with Gasteiger partial charge in [0.05, 0.1) is 11.0 Å². The summed E-state index contributed by atoms with van der Waals surface area (Å²) in [6, 6.07) is 37.4. The zero-order valence-electron chi connectivity index (χ0n) is 25.7. The van der Waals surface area contributed by atoms with Crippen molar-refractivity contribution < 1.29 is 25.8 Å². The van der Waals surface area contributed by atoms with Crippen molar-refractivity contribution >= 4 is 49.9 Å². The molecule has 0 unspecified atom stereocenters. The van der Waals surface area contributed by atoms with Crippen LogP contribution in [0, 0.1) is 12.1 Å². The molecule has 0 bridgehead atoms. The molecule has 9 rings (SSSR count). The largest absolute Gasteiger partial charge is 2.00 e. The number of hydrogen-bond acceptors (Lipinski definition) is 5. The van der Waals surface area contributed by atoms with Crippen LogP contribution in [0.3, 0.4) is 0 Å². The molecule has 0 fully saturated rings. The van der Waals surface area contributed by atoms with Gasteiger partial charge in [-0.3, -0.25) is 8.97 Å². The third kappa shape index (κ3) is 4.62. The average molecular weight is 793 g/mol. The van der Waals surface area contributed by atoms with E-state index < -0.39 is 0 Å². The number of nitrogens with zero attached hydrogens (tertiary/aromatic N) is 7. The van der Waals surface area contributed by atoms with Crippen molar-refractivity contribution in [2.24, 2.45) is 0 Å². The molecule has 0 aliphatic rings. The molecular weight excluding hydrogens is 766 g/mol. The van der Waals surface area contributed by atoms with E-state index >= 15 is 0 Å². The van der Waals surface area contributed by atoms with E-state index in [1.165, 1.54) is 5.56 Å². The quantitative estimate of drug-likeness (QED) is 0.168. The fourth-order valence-corrected chi connectivity index (χ4v) is 6.26. The number of hydrogen-bond donors (Lipinski definition) is 0. The van der Waals surface area contributed by atoms with Gasteiger partial charge in [0.15, 0.2) is 11.3 Å². The van der Waals surface area contributed by atoms with Gasteiger partial charge in [-0.25, -0.2) is 15.0 Å². The molecule has 3 aromatic carbocycles. The van der Waals surface area contributed by atoms with E-state index in [9.17, 15) is 0 Å². The molecule has 9 heteroatoms. The zero-order chi connectivity index (χ0) is 31.0. The van der Waals surface area contributed by atoms with Crippen LogP contribution < -0.4 is 4.74 Å². The van der Waals surface area contributed by atoms with Gasteiger partial charge < -0.3 is 9.30 Å². The number of aromatic nitrogens is 7. The van der Waals surface area contributed by atoms with Gasteiger partial charge in [0, 0.05) is 35.6 Å². The Morgan fingerprint density at radius 3 is 2.32 bits per heavy atom. The smallest absolute Gasteiger partial charge is 0.509 e. The maximum Gasteiger partial charge on any atom is 2.00 e. The molecule has 0 aliphatic heterocycles. The molecule has 8 nitrogen and oxygen atoms in total. The minimum Gasteiger partial charge on any atom is -0.509 e. The molecule has 0 saturated carbocycles. The third-order valence-corrected chi connectivity index (χ3v) is 8.44. The molecule has 0 amide bonds. The predicted molar refractivity (Wildman–Crippen MR) is 180 cm³/mol. The Kier molecular flexibility index (Phi) is 6.74. The fraction of sp³-hybridized carbons (Fsp3) is 0.105. The molecule has 230 valence electrons. The SMILES string of the molecule is CC(C)(C)c1ccnc(-n2c3[c-]c(Oc4[c-]c(-n5c6ncccc6n6c7cccnc7nc56)ccc4)ccc3c3ccccc32)c1.[Pt+2]. The maximum absolute atomic E-state index is 6.45. The molecule has 0 aliphatic carbocycles. The Morgan fingerprint density at radius 2 is 1.45 bits per heavy atom. The van der Waals surface area contributed by atoms with Gasteiger partial charge in [0.25, 0.3) is 0 Å². The molecule has 9 aromatic rings. The molecule has 0 radical (unpaired) electrons. The van der Waals surface area contributed by atoms with Crippen LogP contribution in [0.25, 0.3) is 61.4 Å². The normalized spacial score (nSPS) is 12.0. The van der Waals surface area contributed by atoms with Crippen LogP contribution in [-0.2, 0) is 26.5 Å². The van der Waals surface area contributed by atoms with E-state index in [4.69, 9.17) is 19.7 Å². The summed E-state index contributed by atoms with van der Waals surface area (Å²) >= 11 is 0. The van der Waals surface area contributed by atoms with Crippen LogP contribution in [0.2, 0.25) is 0 Å². The molecule has 6 heterocycles. The number of ether oxygens (including phenoxy) is 1. The van der Waals surface area contributed by atoms with Crippen LogP contribution >= 0.6 is 0 Å². The third-order valence-electron chi connectivity index (χ3n) is 8.44. The molecular formula is C38H27N7OPt. The van der Waals surface area contributed by atoms with Gasteiger partial charge in [0.2, 0.25) is 5.78 Å². The van der Waals surface area contributed by atoms with E-state index in [-0.39, 0.29) is 26.5 Å². The van der Waals surface area contributed by atoms with Gasteiger partial charge in [-0.2, -0.15) is 17.1 Å². The van der Waals surface area contributed by atoms with Gasteiger partial charge >= 0.3 is 21.1 Å². The summed E-state index contributed by atoms with van der Waals surface area (Å²) in [6.45, 7) is 6.64. The number of fused-ring (bicyclic) bond motifs is 8. The van der Waals surface area contributed by atoms with Crippen LogP contribution in [0.4, 0.5) is 0 Å². The topological polar surface area (TPSA) is 75.1 Å². The predicted octanol–water partition coefficient (Wildman–Crippen LogP) is 8.40. The number of imidazole rings is 2. The van der Waals surface area contributed by atoms with E-state index in [1.807, 2.05) is 59.3 Å². The van der Waals surface area contributed by atoms with Crippen molar-refractivity contribution in [1.82, 2.24) is 33.5 Å². The van der Waals surface area contributed by atoms with Gasteiger partial charge in [-0.05, 0) is 58.8 Å². The van der Waals surface area contributed by atoms with E-state index in [0.717, 1.165) is 50.0 Å². The average Bonchev–Trinajstić information content (AvgIpc) is 3.71. The first-order chi connectivity index (χ1) is 22.4. The Hall–Kier alpha value is -5.33. The number of pyridine rings is 3. The standard InChI is InChI=1S/C38H27N7O.Pt/c1-38(2,3)24-17-20-39-34(21-24)44-30-12-5-4-11-28(30)29-16-15-27(23-33(29)44)46-26-10-6-9-25(22-26)43-36-32(14-8-19-41-36)45-31-13-7-18-40-35(31)42-37(43)45;/h4-21H,1-3H3;/q-2;+2. The first kappa shape index (κ1) is 29.1. The molecule has 47 heavy (non-hydrogen) atoms. The van der Waals surface area contributed by atoms with Crippen LogP contribution in [0.15, 0.2) is 110 Å². The van der Waals surface area contributed by atoms with Crippen LogP contribution in [0.5, 0.6) is 11.5 Å². The van der Waals surface area contributed by atoms with Crippen LogP contribution in [-0.4, -0.2) is 33.5 Å². The Balaban J connectivity index is 0.00000324.